The van der Waals surface area contributed by atoms with Gasteiger partial charge in [-0.05, 0) is 24.1 Å². The Morgan fingerprint density at radius 1 is 1.33 bits per heavy atom. The summed E-state index contributed by atoms with van der Waals surface area (Å²) < 4.78 is 44.8. The van der Waals surface area contributed by atoms with Gasteiger partial charge < -0.3 is 15.4 Å². The normalized spacial score (nSPS) is 16.1. The number of carbonyl (C=O) groups excluding carboxylic acids is 1. The Bertz CT molecular complexity index is 538. The highest BCUT2D eigenvalue weighted by Gasteiger charge is 2.36. The highest BCUT2D eigenvalue weighted by atomic mass is 19.4. The SMILES string of the molecule is Cc1ccc(C(F)(F)F)c(CC(N)=O)c1N1CCOCC1. The molecule has 1 aliphatic rings. The fraction of sp³-hybridized carbons (Fsp3) is 0.500. The van der Waals surface area contributed by atoms with E-state index in [4.69, 9.17) is 10.5 Å². The van der Waals surface area contributed by atoms with Gasteiger partial charge in [-0.2, -0.15) is 13.2 Å². The molecule has 1 fully saturated rings. The fourth-order valence-corrected chi connectivity index (χ4v) is 2.60. The summed E-state index contributed by atoms with van der Waals surface area (Å²) in [6, 6.07) is 2.44. The van der Waals surface area contributed by atoms with Crippen LogP contribution >= 0.6 is 0 Å². The smallest absolute Gasteiger partial charge is 0.378 e. The predicted molar refractivity (Wildman–Crippen MR) is 72.1 cm³/mol. The lowest BCUT2D eigenvalue weighted by Gasteiger charge is -2.33. The number of anilines is 1. The van der Waals surface area contributed by atoms with E-state index in [1.54, 1.807) is 6.92 Å². The van der Waals surface area contributed by atoms with Crippen LogP contribution < -0.4 is 10.6 Å². The van der Waals surface area contributed by atoms with Gasteiger partial charge in [0.1, 0.15) is 0 Å². The fourth-order valence-electron chi connectivity index (χ4n) is 2.60. The van der Waals surface area contributed by atoms with Crippen molar-refractivity contribution in [1.82, 2.24) is 0 Å². The Kier molecular flexibility index (Phi) is 4.41. The van der Waals surface area contributed by atoms with Crippen LogP contribution in [0.15, 0.2) is 12.1 Å². The van der Waals surface area contributed by atoms with Crippen LogP contribution in [0.5, 0.6) is 0 Å². The van der Waals surface area contributed by atoms with Crippen LogP contribution in [0.3, 0.4) is 0 Å². The molecule has 21 heavy (non-hydrogen) atoms. The number of primary amides is 1. The van der Waals surface area contributed by atoms with Crippen molar-refractivity contribution < 1.29 is 22.7 Å². The minimum atomic E-state index is -4.51. The summed E-state index contributed by atoms with van der Waals surface area (Å²) in [6.07, 6.45) is -4.94. The summed E-state index contributed by atoms with van der Waals surface area (Å²) in [7, 11) is 0. The molecule has 0 radical (unpaired) electrons. The zero-order valence-electron chi connectivity index (χ0n) is 11.7. The number of nitrogens with zero attached hydrogens (tertiary/aromatic N) is 1. The standard InChI is InChI=1S/C14H17F3N2O2/c1-9-2-3-11(14(15,16)17)10(8-12(18)20)13(9)19-4-6-21-7-5-19/h2-3H,4-8H2,1H3,(H2,18,20). The summed E-state index contributed by atoms with van der Waals surface area (Å²) in [5, 5.41) is 0. The zero-order valence-corrected chi connectivity index (χ0v) is 11.7. The Hall–Kier alpha value is -1.76. The van der Waals surface area contributed by atoms with E-state index in [0.717, 1.165) is 6.07 Å². The largest absolute Gasteiger partial charge is 0.416 e. The second-order valence-corrected chi connectivity index (χ2v) is 5.00. The molecule has 2 rings (SSSR count). The highest BCUT2D eigenvalue weighted by Crippen LogP contribution is 2.38. The minimum Gasteiger partial charge on any atom is -0.378 e. The number of hydrogen-bond donors (Lipinski definition) is 1. The summed E-state index contributed by atoms with van der Waals surface area (Å²) in [6.45, 7) is 3.62. The van der Waals surface area contributed by atoms with Crippen molar-refractivity contribution in [1.29, 1.82) is 0 Å². The highest BCUT2D eigenvalue weighted by molar-refractivity contribution is 5.80. The number of alkyl halides is 3. The van der Waals surface area contributed by atoms with Gasteiger partial charge in [0.05, 0.1) is 25.2 Å². The van der Waals surface area contributed by atoms with E-state index in [2.05, 4.69) is 0 Å². The van der Waals surface area contributed by atoms with Gasteiger partial charge in [0.25, 0.3) is 0 Å². The summed E-state index contributed by atoms with van der Waals surface area (Å²) in [4.78, 5) is 13.0. The Labute approximate surface area is 120 Å². The molecule has 4 nitrogen and oxygen atoms in total. The molecular weight excluding hydrogens is 285 g/mol. The molecule has 0 saturated carbocycles. The molecule has 1 heterocycles. The first-order valence-corrected chi connectivity index (χ1v) is 6.61. The lowest BCUT2D eigenvalue weighted by molar-refractivity contribution is -0.138. The monoisotopic (exact) mass is 302 g/mol. The van der Waals surface area contributed by atoms with Crippen molar-refractivity contribution in [3.8, 4) is 0 Å². The molecule has 0 atom stereocenters. The van der Waals surface area contributed by atoms with E-state index in [-0.39, 0.29) is 5.56 Å². The molecule has 0 spiro atoms. The molecule has 1 saturated heterocycles. The van der Waals surface area contributed by atoms with E-state index in [9.17, 15) is 18.0 Å². The molecule has 0 aliphatic carbocycles. The molecule has 2 N–H and O–H groups in total. The first-order valence-electron chi connectivity index (χ1n) is 6.61. The molecule has 1 aromatic rings. The molecule has 116 valence electrons. The van der Waals surface area contributed by atoms with Gasteiger partial charge in [-0.25, -0.2) is 0 Å². The predicted octanol–water partition coefficient (Wildman–Crippen LogP) is 1.88. The van der Waals surface area contributed by atoms with Crippen LogP contribution in [-0.2, 0) is 22.1 Å². The van der Waals surface area contributed by atoms with E-state index in [1.807, 2.05) is 4.90 Å². The molecular formula is C14H17F3N2O2. The summed E-state index contributed by atoms with van der Waals surface area (Å²) >= 11 is 0. The van der Waals surface area contributed by atoms with Gasteiger partial charge in [0.15, 0.2) is 0 Å². The van der Waals surface area contributed by atoms with Crippen LogP contribution in [0, 0.1) is 6.92 Å². The Morgan fingerprint density at radius 3 is 2.48 bits per heavy atom. The number of ether oxygens (including phenoxy) is 1. The second kappa shape index (κ2) is 5.93. The van der Waals surface area contributed by atoms with Crippen LogP contribution in [-0.4, -0.2) is 32.2 Å². The number of carbonyl (C=O) groups is 1. The quantitative estimate of drug-likeness (QED) is 0.927. The average molecular weight is 302 g/mol. The average Bonchev–Trinajstić information content (AvgIpc) is 2.37. The van der Waals surface area contributed by atoms with Gasteiger partial charge in [-0.15, -0.1) is 0 Å². The summed E-state index contributed by atoms with van der Waals surface area (Å²) in [5.74, 6) is -0.777. The number of aryl methyl sites for hydroxylation is 1. The lowest BCUT2D eigenvalue weighted by atomic mass is 9.96. The van der Waals surface area contributed by atoms with E-state index in [1.165, 1.54) is 6.07 Å². The van der Waals surface area contributed by atoms with Crippen LogP contribution in [0.25, 0.3) is 0 Å². The van der Waals surface area contributed by atoms with Crippen LogP contribution in [0.2, 0.25) is 0 Å². The number of rotatable bonds is 3. The van der Waals surface area contributed by atoms with Gasteiger partial charge in [-0.3, -0.25) is 4.79 Å². The second-order valence-electron chi connectivity index (χ2n) is 5.00. The maximum atomic E-state index is 13.2. The molecule has 7 heteroatoms. The molecule has 0 aromatic heterocycles. The van der Waals surface area contributed by atoms with Crippen molar-refractivity contribution in [2.24, 2.45) is 5.73 Å². The number of halogens is 3. The van der Waals surface area contributed by atoms with Crippen molar-refractivity contribution >= 4 is 11.6 Å². The first-order chi connectivity index (χ1) is 9.80. The third kappa shape index (κ3) is 3.47. The van der Waals surface area contributed by atoms with E-state index >= 15 is 0 Å². The number of benzene rings is 1. The lowest BCUT2D eigenvalue weighted by Crippen LogP contribution is -2.38. The third-order valence-electron chi connectivity index (χ3n) is 3.47. The van der Waals surface area contributed by atoms with Crippen LogP contribution in [0.4, 0.5) is 18.9 Å². The number of morpholine rings is 1. The minimum absolute atomic E-state index is 0.0445. The number of amides is 1. The van der Waals surface area contributed by atoms with Gasteiger partial charge in [0, 0.05) is 18.8 Å². The zero-order chi connectivity index (χ0) is 15.6. The van der Waals surface area contributed by atoms with Gasteiger partial charge >= 0.3 is 6.18 Å². The Balaban J connectivity index is 2.56. The molecule has 0 unspecified atom stereocenters. The van der Waals surface area contributed by atoms with Crippen LogP contribution in [0.1, 0.15) is 16.7 Å². The van der Waals surface area contributed by atoms with Crippen molar-refractivity contribution in [2.45, 2.75) is 19.5 Å². The van der Waals surface area contributed by atoms with E-state index in [0.29, 0.717) is 37.6 Å². The van der Waals surface area contributed by atoms with E-state index < -0.39 is 24.1 Å². The van der Waals surface area contributed by atoms with Gasteiger partial charge in [0.2, 0.25) is 5.91 Å². The molecule has 1 aromatic carbocycles. The molecule has 1 amide bonds. The summed E-state index contributed by atoms with van der Waals surface area (Å²) in [5.41, 5.74) is 5.44. The number of nitrogens with two attached hydrogens (primary N) is 1. The van der Waals surface area contributed by atoms with Crippen molar-refractivity contribution in [3.63, 3.8) is 0 Å². The van der Waals surface area contributed by atoms with Crippen molar-refractivity contribution in [3.05, 3.63) is 28.8 Å². The number of hydrogen-bond acceptors (Lipinski definition) is 3. The topological polar surface area (TPSA) is 55.6 Å². The maximum absolute atomic E-state index is 13.2. The Morgan fingerprint density at radius 2 is 1.95 bits per heavy atom. The maximum Gasteiger partial charge on any atom is 0.416 e. The first kappa shape index (κ1) is 15.6. The van der Waals surface area contributed by atoms with Crippen molar-refractivity contribution in [2.75, 3.05) is 31.2 Å². The van der Waals surface area contributed by atoms with Gasteiger partial charge in [-0.1, -0.05) is 6.07 Å². The third-order valence-corrected chi connectivity index (χ3v) is 3.47. The molecule has 0 bridgehead atoms. The molecule has 1 aliphatic heterocycles.